The first-order chi connectivity index (χ1) is 11.5. The second kappa shape index (κ2) is 6.60. The second-order valence-electron chi connectivity index (χ2n) is 5.96. The Hall–Kier alpha value is -2.41. The molecule has 24 heavy (non-hydrogen) atoms. The molecule has 0 aliphatic carbocycles. The number of amides is 2. The van der Waals surface area contributed by atoms with E-state index in [2.05, 4.69) is 16.9 Å². The largest absolute Gasteiger partial charge is 0.366 e. The molecule has 0 bridgehead atoms. The van der Waals surface area contributed by atoms with Gasteiger partial charge in [-0.3, -0.25) is 9.59 Å². The molecule has 6 nitrogen and oxygen atoms in total. The summed E-state index contributed by atoms with van der Waals surface area (Å²) in [5.74, 6) is -0.328. The van der Waals surface area contributed by atoms with E-state index in [0.29, 0.717) is 5.56 Å². The number of thiazole rings is 1. The van der Waals surface area contributed by atoms with Crippen molar-refractivity contribution >= 4 is 28.8 Å². The van der Waals surface area contributed by atoms with Crippen molar-refractivity contribution in [3.05, 3.63) is 45.7 Å². The van der Waals surface area contributed by atoms with Crippen LogP contribution in [0.2, 0.25) is 0 Å². The van der Waals surface area contributed by atoms with Crippen LogP contribution in [0.15, 0.2) is 34.6 Å². The maximum Gasteiger partial charge on any atom is 0.248 e. The minimum atomic E-state index is -0.445. The van der Waals surface area contributed by atoms with Gasteiger partial charge in [-0.15, -0.1) is 11.3 Å². The Morgan fingerprint density at radius 3 is 2.58 bits per heavy atom. The number of likely N-dealkylation sites (tertiary alicyclic amines) is 1. The summed E-state index contributed by atoms with van der Waals surface area (Å²) in [5.41, 5.74) is 7.65. The molecule has 1 aromatic heterocycles. The first-order valence-corrected chi connectivity index (χ1v) is 8.70. The average molecular weight is 344 g/mol. The number of carbonyl (C=O) groups is 2. The van der Waals surface area contributed by atoms with E-state index in [0.717, 1.165) is 35.7 Å². The van der Waals surface area contributed by atoms with Gasteiger partial charge in [-0.25, -0.2) is 4.99 Å². The third-order valence-electron chi connectivity index (χ3n) is 4.27. The van der Waals surface area contributed by atoms with Gasteiger partial charge in [-0.1, -0.05) is 0 Å². The number of benzene rings is 1. The molecular formula is C17H20N4O2S. The van der Waals surface area contributed by atoms with Gasteiger partial charge in [0, 0.05) is 36.7 Å². The number of carbonyl (C=O) groups excluding carboxylic acids is 2. The zero-order valence-corrected chi connectivity index (χ0v) is 14.5. The maximum atomic E-state index is 11.6. The highest BCUT2D eigenvalue weighted by atomic mass is 32.1. The number of primary amides is 1. The summed E-state index contributed by atoms with van der Waals surface area (Å²) in [7, 11) is 0. The van der Waals surface area contributed by atoms with Gasteiger partial charge in [-0.05, 0) is 37.6 Å². The summed E-state index contributed by atoms with van der Waals surface area (Å²) in [6.07, 6.45) is 0.935. The van der Waals surface area contributed by atoms with Crippen molar-refractivity contribution < 1.29 is 9.59 Å². The number of aryl methyl sites for hydroxylation is 1. The molecule has 2 N–H and O–H groups in total. The number of hydrogen-bond acceptors (Lipinski definition) is 4. The fourth-order valence-corrected chi connectivity index (χ4v) is 3.93. The normalized spacial score (nSPS) is 18.2. The summed E-state index contributed by atoms with van der Waals surface area (Å²) >= 11 is 1.58. The zero-order valence-electron chi connectivity index (χ0n) is 13.7. The molecule has 2 heterocycles. The van der Waals surface area contributed by atoms with Gasteiger partial charge >= 0.3 is 0 Å². The van der Waals surface area contributed by atoms with E-state index in [-0.39, 0.29) is 11.9 Å². The van der Waals surface area contributed by atoms with Crippen molar-refractivity contribution in [1.82, 2.24) is 9.47 Å². The van der Waals surface area contributed by atoms with Gasteiger partial charge in [0.1, 0.15) is 0 Å². The molecule has 3 rings (SSSR count). The molecule has 2 aromatic rings. The molecule has 1 aromatic carbocycles. The summed E-state index contributed by atoms with van der Waals surface area (Å²) in [5, 5.41) is 2.08. The first kappa shape index (κ1) is 16.4. The first-order valence-electron chi connectivity index (χ1n) is 7.82. The van der Waals surface area contributed by atoms with Crippen LogP contribution >= 0.6 is 11.3 Å². The van der Waals surface area contributed by atoms with E-state index in [1.807, 2.05) is 4.90 Å². The monoisotopic (exact) mass is 344 g/mol. The molecule has 0 saturated carbocycles. The minimum absolute atomic E-state index is 0.117. The van der Waals surface area contributed by atoms with Gasteiger partial charge in [-0.2, -0.15) is 0 Å². The predicted molar refractivity (Wildman–Crippen MR) is 93.1 cm³/mol. The van der Waals surface area contributed by atoms with Gasteiger partial charge in [0.15, 0.2) is 4.80 Å². The van der Waals surface area contributed by atoms with E-state index >= 15 is 0 Å². The lowest BCUT2D eigenvalue weighted by Gasteiger charge is -2.16. The van der Waals surface area contributed by atoms with Gasteiger partial charge in [0.25, 0.3) is 0 Å². The van der Waals surface area contributed by atoms with Gasteiger partial charge in [0.05, 0.1) is 11.7 Å². The van der Waals surface area contributed by atoms with Crippen LogP contribution < -0.4 is 10.5 Å². The van der Waals surface area contributed by atoms with Crippen LogP contribution in [0.1, 0.15) is 35.4 Å². The molecule has 1 aliphatic rings. The highest BCUT2D eigenvalue weighted by Gasteiger charge is 2.26. The van der Waals surface area contributed by atoms with Crippen LogP contribution in [-0.2, 0) is 4.79 Å². The lowest BCUT2D eigenvalue weighted by atomic mass is 10.2. The smallest absolute Gasteiger partial charge is 0.248 e. The fraction of sp³-hybridized carbons (Fsp3) is 0.353. The Morgan fingerprint density at radius 1 is 1.29 bits per heavy atom. The summed E-state index contributed by atoms with van der Waals surface area (Å²) in [6, 6.07) is 7.19. The number of nitrogens with zero attached hydrogens (tertiary/aromatic N) is 3. The zero-order chi connectivity index (χ0) is 17.3. The Labute approximate surface area is 144 Å². The summed E-state index contributed by atoms with van der Waals surface area (Å²) in [6.45, 7) is 5.18. The number of rotatable bonds is 3. The van der Waals surface area contributed by atoms with Crippen molar-refractivity contribution in [3.63, 3.8) is 0 Å². The maximum absolute atomic E-state index is 11.6. The summed E-state index contributed by atoms with van der Waals surface area (Å²) in [4.78, 5) is 30.2. The number of aromatic nitrogens is 1. The van der Waals surface area contributed by atoms with Crippen molar-refractivity contribution in [2.75, 3.05) is 13.1 Å². The Kier molecular flexibility index (Phi) is 4.53. The lowest BCUT2D eigenvalue weighted by molar-refractivity contribution is -0.127. The van der Waals surface area contributed by atoms with Gasteiger partial charge in [0.2, 0.25) is 11.8 Å². The molecule has 0 spiro atoms. The molecule has 126 valence electrons. The van der Waals surface area contributed by atoms with Crippen LogP contribution in [0.5, 0.6) is 0 Å². The third-order valence-corrected chi connectivity index (χ3v) is 5.23. The van der Waals surface area contributed by atoms with Crippen molar-refractivity contribution in [2.45, 2.75) is 26.3 Å². The molecule has 2 amide bonds. The van der Waals surface area contributed by atoms with Crippen LogP contribution in [0.3, 0.4) is 0 Å². The SMILES string of the molecule is CC(=O)N1CC[C@H](n2c(C)csc2=Nc2ccc(C(N)=O)cc2)C1. The standard InChI is InChI=1S/C17H20N4O2S/c1-11-10-24-17(19-14-5-3-13(4-6-14)16(18)23)21(11)15-7-8-20(9-15)12(2)22/h3-6,10,15H,7-9H2,1-2H3,(H2,18,23)/t15-/m0/s1. The van der Waals surface area contributed by atoms with E-state index < -0.39 is 5.91 Å². The lowest BCUT2D eigenvalue weighted by Crippen LogP contribution is -2.29. The highest BCUT2D eigenvalue weighted by Crippen LogP contribution is 2.23. The highest BCUT2D eigenvalue weighted by molar-refractivity contribution is 7.07. The van der Waals surface area contributed by atoms with E-state index in [1.165, 1.54) is 0 Å². The van der Waals surface area contributed by atoms with E-state index in [1.54, 1.807) is 42.5 Å². The molecule has 0 unspecified atom stereocenters. The van der Waals surface area contributed by atoms with E-state index in [9.17, 15) is 9.59 Å². The Bertz CT molecular complexity index is 835. The molecule has 7 heteroatoms. The fourth-order valence-electron chi connectivity index (χ4n) is 2.98. The van der Waals surface area contributed by atoms with Crippen molar-refractivity contribution in [3.8, 4) is 0 Å². The van der Waals surface area contributed by atoms with Gasteiger partial charge < -0.3 is 15.2 Å². The van der Waals surface area contributed by atoms with Crippen molar-refractivity contribution in [1.29, 1.82) is 0 Å². The molecule has 0 radical (unpaired) electrons. The number of nitrogens with two attached hydrogens (primary N) is 1. The summed E-state index contributed by atoms with van der Waals surface area (Å²) < 4.78 is 2.20. The molecule has 1 aliphatic heterocycles. The molecular weight excluding hydrogens is 324 g/mol. The van der Waals surface area contributed by atoms with Crippen LogP contribution in [0.4, 0.5) is 5.69 Å². The second-order valence-corrected chi connectivity index (χ2v) is 6.80. The molecule has 1 fully saturated rings. The van der Waals surface area contributed by atoms with Crippen LogP contribution in [0, 0.1) is 6.92 Å². The van der Waals surface area contributed by atoms with Crippen LogP contribution in [-0.4, -0.2) is 34.4 Å². The molecule has 1 saturated heterocycles. The molecule has 1 atom stereocenters. The topological polar surface area (TPSA) is 80.7 Å². The average Bonchev–Trinajstić information content (AvgIpc) is 3.15. The number of hydrogen-bond donors (Lipinski definition) is 1. The quantitative estimate of drug-likeness (QED) is 0.924. The van der Waals surface area contributed by atoms with Crippen molar-refractivity contribution in [2.24, 2.45) is 10.7 Å². The Morgan fingerprint density at radius 2 is 2.00 bits per heavy atom. The predicted octanol–water partition coefficient (Wildman–Crippen LogP) is 1.98. The minimum Gasteiger partial charge on any atom is -0.366 e. The third kappa shape index (κ3) is 3.26. The van der Waals surface area contributed by atoms with Crippen LogP contribution in [0.25, 0.3) is 0 Å². The Balaban J connectivity index is 1.92. The van der Waals surface area contributed by atoms with E-state index in [4.69, 9.17) is 10.7 Å².